The van der Waals surface area contributed by atoms with E-state index in [2.05, 4.69) is 0 Å². The largest absolute Gasteiger partial charge is 0.497 e. The first-order valence-electron chi connectivity index (χ1n) is 6.19. The average Bonchev–Trinajstić information content (AvgIpc) is 2.89. The predicted octanol–water partition coefficient (Wildman–Crippen LogP) is 4.46. The Kier molecular flexibility index (Phi) is 3.31. The summed E-state index contributed by atoms with van der Waals surface area (Å²) in [5, 5.41) is 10.8. The summed E-state index contributed by atoms with van der Waals surface area (Å²) in [6.45, 7) is 0. The lowest BCUT2D eigenvalue weighted by Crippen LogP contribution is -2.00. The van der Waals surface area contributed by atoms with Crippen molar-refractivity contribution < 1.29 is 19.1 Å². The maximum atomic E-state index is 11.4. The molecule has 0 aliphatic carbocycles. The van der Waals surface area contributed by atoms with Crippen LogP contribution < -0.4 is 4.74 Å². The van der Waals surface area contributed by atoms with Crippen molar-refractivity contribution in [2.24, 2.45) is 0 Å². The normalized spacial score (nSPS) is 10.8. The van der Waals surface area contributed by atoms with Gasteiger partial charge in [-0.3, -0.25) is 0 Å². The van der Waals surface area contributed by atoms with Crippen molar-refractivity contribution in [1.29, 1.82) is 0 Å². The van der Waals surface area contributed by atoms with Crippen molar-refractivity contribution in [1.82, 2.24) is 0 Å². The van der Waals surface area contributed by atoms with Gasteiger partial charge in [0.25, 0.3) is 0 Å². The summed E-state index contributed by atoms with van der Waals surface area (Å²) in [5.74, 6) is -0.0787. The number of carboxylic acid groups (broad SMARTS) is 1. The molecule has 1 heterocycles. The van der Waals surface area contributed by atoms with E-state index >= 15 is 0 Å². The van der Waals surface area contributed by atoms with Crippen LogP contribution in [0.4, 0.5) is 0 Å². The van der Waals surface area contributed by atoms with E-state index in [9.17, 15) is 9.90 Å². The Morgan fingerprint density at radius 2 is 2.00 bits per heavy atom. The maximum absolute atomic E-state index is 11.4. The molecule has 4 nitrogen and oxygen atoms in total. The number of methoxy groups -OCH3 is 1. The molecule has 0 atom stereocenters. The number of furan rings is 1. The molecule has 21 heavy (non-hydrogen) atoms. The molecule has 0 radical (unpaired) electrons. The van der Waals surface area contributed by atoms with Crippen LogP contribution in [0.5, 0.6) is 5.75 Å². The Morgan fingerprint density at radius 3 is 2.71 bits per heavy atom. The number of hydrogen-bond donors (Lipinski definition) is 1. The molecule has 3 rings (SSSR count). The molecule has 0 saturated heterocycles. The van der Waals surface area contributed by atoms with Crippen molar-refractivity contribution >= 4 is 28.5 Å². The van der Waals surface area contributed by atoms with Crippen molar-refractivity contribution in [3.05, 3.63) is 53.1 Å². The number of carbonyl (C=O) groups is 1. The second-order valence-corrected chi connectivity index (χ2v) is 4.95. The highest BCUT2D eigenvalue weighted by Crippen LogP contribution is 2.33. The Hall–Kier alpha value is -2.46. The van der Waals surface area contributed by atoms with Crippen molar-refractivity contribution in [2.75, 3.05) is 7.11 Å². The third-order valence-electron chi connectivity index (χ3n) is 3.20. The first kappa shape index (κ1) is 13.5. The Balaban J connectivity index is 2.19. The van der Waals surface area contributed by atoms with E-state index in [1.807, 2.05) is 0 Å². The van der Waals surface area contributed by atoms with Gasteiger partial charge in [0.1, 0.15) is 17.1 Å². The van der Waals surface area contributed by atoms with Gasteiger partial charge in [0.15, 0.2) is 0 Å². The lowest BCUT2D eigenvalue weighted by atomic mass is 10.0. The molecule has 3 aromatic rings. The van der Waals surface area contributed by atoms with Gasteiger partial charge < -0.3 is 14.3 Å². The number of ether oxygens (including phenoxy) is 1. The summed E-state index contributed by atoms with van der Waals surface area (Å²) in [4.78, 5) is 11.4. The molecular formula is C16H11ClO4. The number of aromatic carboxylic acids is 1. The fourth-order valence-corrected chi connectivity index (χ4v) is 2.37. The minimum Gasteiger partial charge on any atom is -0.497 e. The first-order chi connectivity index (χ1) is 10.1. The van der Waals surface area contributed by atoms with Crippen LogP contribution in [0, 0.1) is 0 Å². The molecule has 106 valence electrons. The molecule has 0 amide bonds. The molecule has 0 aliphatic rings. The SMILES string of the molecule is COc1ccc(-c2cc3cc(Cl)ccc3o2)c(C(=O)O)c1. The van der Waals surface area contributed by atoms with Gasteiger partial charge in [-0.2, -0.15) is 0 Å². The van der Waals surface area contributed by atoms with E-state index in [-0.39, 0.29) is 5.56 Å². The van der Waals surface area contributed by atoms with Gasteiger partial charge in [-0.1, -0.05) is 11.6 Å². The molecule has 2 aromatic carbocycles. The highest BCUT2D eigenvalue weighted by Gasteiger charge is 2.16. The van der Waals surface area contributed by atoms with Crippen molar-refractivity contribution in [3.63, 3.8) is 0 Å². The fraction of sp³-hybridized carbons (Fsp3) is 0.0625. The average molecular weight is 303 g/mol. The summed E-state index contributed by atoms with van der Waals surface area (Å²) in [7, 11) is 1.49. The van der Waals surface area contributed by atoms with Crippen LogP contribution in [0.15, 0.2) is 46.9 Å². The van der Waals surface area contributed by atoms with Crippen molar-refractivity contribution in [3.8, 4) is 17.1 Å². The van der Waals surface area contributed by atoms with E-state index in [1.165, 1.54) is 13.2 Å². The number of carboxylic acids is 1. The van der Waals surface area contributed by atoms with Crippen LogP contribution in [0.1, 0.15) is 10.4 Å². The minimum absolute atomic E-state index is 0.125. The zero-order valence-corrected chi connectivity index (χ0v) is 11.8. The Morgan fingerprint density at radius 1 is 1.19 bits per heavy atom. The lowest BCUT2D eigenvalue weighted by molar-refractivity contribution is 0.0697. The molecule has 1 N–H and O–H groups in total. The van der Waals surface area contributed by atoms with E-state index in [0.717, 1.165) is 5.39 Å². The van der Waals surface area contributed by atoms with Crippen LogP contribution >= 0.6 is 11.6 Å². The van der Waals surface area contributed by atoms with Crippen LogP contribution in [0.3, 0.4) is 0 Å². The quantitative estimate of drug-likeness (QED) is 0.776. The van der Waals surface area contributed by atoms with Gasteiger partial charge in [-0.15, -0.1) is 0 Å². The number of fused-ring (bicyclic) bond motifs is 1. The topological polar surface area (TPSA) is 59.7 Å². The van der Waals surface area contributed by atoms with Crippen LogP contribution in [0.25, 0.3) is 22.3 Å². The van der Waals surface area contributed by atoms with E-state index in [0.29, 0.717) is 27.7 Å². The van der Waals surface area contributed by atoms with Crippen LogP contribution in [-0.4, -0.2) is 18.2 Å². The third-order valence-corrected chi connectivity index (χ3v) is 3.44. The fourth-order valence-electron chi connectivity index (χ4n) is 2.19. The number of halogens is 1. The standard InChI is InChI=1S/C16H11ClO4/c1-20-11-3-4-12(13(8-11)16(18)19)15-7-9-6-10(17)2-5-14(9)21-15/h2-8H,1H3,(H,18,19). The lowest BCUT2D eigenvalue weighted by Gasteiger charge is -2.06. The summed E-state index contributed by atoms with van der Waals surface area (Å²) >= 11 is 5.94. The number of hydrogen-bond acceptors (Lipinski definition) is 3. The van der Waals surface area contributed by atoms with Crippen molar-refractivity contribution in [2.45, 2.75) is 0 Å². The smallest absolute Gasteiger partial charge is 0.336 e. The van der Waals surface area contributed by atoms with Gasteiger partial charge in [-0.05, 0) is 42.5 Å². The molecule has 0 spiro atoms. The number of benzene rings is 2. The highest BCUT2D eigenvalue weighted by molar-refractivity contribution is 6.31. The van der Waals surface area contributed by atoms with Crippen LogP contribution in [-0.2, 0) is 0 Å². The summed E-state index contributed by atoms with van der Waals surface area (Å²) in [5.41, 5.74) is 1.27. The van der Waals surface area contributed by atoms with E-state index in [1.54, 1.807) is 36.4 Å². The Labute approximate surface area is 125 Å². The maximum Gasteiger partial charge on any atom is 0.336 e. The molecule has 0 fully saturated rings. The zero-order valence-electron chi connectivity index (χ0n) is 11.1. The molecule has 1 aromatic heterocycles. The van der Waals surface area contributed by atoms with E-state index < -0.39 is 5.97 Å². The summed E-state index contributed by atoms with van der Waals surface area (Å²) < 4.78 is 10.8. The van der Waals surface area contributed by atoms with Crippen LogP contribution in [0.2, 0.25) is 5.02 Å². The predicted molar refractivity (Wildman–Crippen MR) is 80.2 cm³/mol. The van der Waals surface area contributed by atoms with Gasteiger partial charge in [0.05, 0.1) is 12.7 Å². The second-order valence-electron chi connectivity index (χ2n) is 4.51. The molecular weight excluding hydrogens is 292 g/mol. The zero-order chi connectivity index (χ0) is 15.0. The minimum atomic E-state index is -1.04. The summed E-state index contributed by atoms with van der Waals surface area (Å²) in [6, 6.07) is 11.9. The molecule has 5 heteroatoms. The van der Waals surface area contributed by atoms with E-state index in [4.69, 9.17) is 20.8 Å². The number of rotatable bonds is 3. The van der Waals surface area contributed by atoms with Gasteiger partial charge in [0.2, 0.25) is 0 Å². The molecule has 0 saturated carbocycles. The van der Waals surface area contributed by atoms with Gasteiger partial charge in [0, 0.05) is 16.0 Å². The van der Waals surface area contributed by atoms with Gasteiger partial charge >= 0.3 is 5.97 Å². The monoisotopic (exact) mass is 302 g/mol. The molecule has 0 aliphatic heterocycles. The first-order valence-corrected chi connectivity index (χ1v) is 6.57. The third kappa shape index (κ3) is 2.45. The highest BCUT2D eigenvalue weighted by atomic mass is 35.5. The molecule has 0 bridgehead atoms. The van der Waals surface area contributed by atoms with Gasteiger partial charge in [-0.25, -0.2) is 4.79 Å². The Bertz CT molecular complexity index is 835. The summed E-state index contributed by atoms with van der Waals surface area (Å²) in [6.07, 6.45) is 0. The second kappa shape index (κ2) is 5.14. The molecule has 0 unspecified atom stereocenters.